The molecule has 158 valence electrons. The lowest BCUT2D eigenvalue weighted by Crippen LogP contribution is -2.47. The Kier molecular flexibility index (Phi) is 5.36. The molecule has 2 aromatic carbocycles. The summed E-state index contributed by atoms with van der Waals surface area (Å²) in [5.41, 5.74) is 4.78. The minimum absolute atomic E-state index is 0.134. The third kappa shape index (κ3) is 4.02. The number of aryl methyl sites for hydroxylation is 1. The van der Waals surface area contributed by atoms with Crippen molar-refractivity contribution in [1.29, 1.82) is 0 Å². The van der Waals surface area contributed by atoms with Gasteiger partial charge in [0.2, 0.25) is 5.95 Å². The van der Waals surface area contributed by atoms with Gasteiger partial charge in [0.1, 0.15) is 0 Å². The average Bonchev–Trinajstić information content (AvgIpc) is 2.79. The summed E-state index contributed by atoms with van der Waals surface area (Å²) in [6.07, 6.45) is 1.25. The highest BCUT2D eigenvalue weighted by molar-refractivity contribution is 6.30. The number of carbonyl (C=O) groups is 1. The molecule has 0 amide bonds. The van der Waals surface area contributed by atoms with Crippen LogP contribution in [0, 0.1) is 6.92 Å². The summed E-state index contributed by atoms with van der Waals surface area (Å²) in [5, 5.41) is 0.710. The van der Waals surface area contributed by atoms with Gasteiger partial charge < -0.3 is 9.80 Å². The van der Waals surface area contributed by atoms with Crippen LogP contribution in [0.3, 0.4) is 0 Å². The van der Waals surface area contributed by atoms with Gasteiger partial charge in [0, 0.05) is 43.3 Å². The highest BCUT2D eigenvalue weighted by Crippen LogP contribution is 2.34. The molecule has 31 heavy (non-hydrogen) atoms. The topological polar surface area (TPSA) is 49.3 Å². The van der Waals surface area contributed by atoms with Crippen LogP contribution in [-0.2, 0) is 6.42 Å². The van der Waals surface area contributed by atoms with Crippen molar-refractivity contribution in [2.45, 2.75) is 25.7 Å². The smallest absolute Gasteiger partial charge is 0.225 e. The van der Waals surface area contributed by atoms with Gasteiger partial charge in [-0.3, -0.25) is 4.79 Å². The molecule has 6 heteroatoms. The molecule has 1 aromatic heterocycles. The van der Waals surface area contributed by atoms with Crippen LogP contribution >= 0.6 is 11.6 Å². The van der Waals surface area contributed by atoms with Crippen LogP contribution < -0.4 is 9.80 Å². The minimum Gasteiger partial charge on any atom is -0.368 e. The van der Waals surface area contributed by atoms with Crippen molar-refractivity contribution in [3.63, 3.8) is 0 Å². The number of aromatic nitrogens is 2. The molecule has 0 radical (unpaired) electrons. The minimum atomic E-state index is 0.134. The van der Waals surface area contributed by atoms with Gasteiger partial charge in [-0.15, -0.1) is 0 Å². The fourth-order valence-corrected chi connectivity index (χ4v) is 4.80. The van der Waals surface area contributed by atoms with E-state index in [-0.39, 0.29) is 11.7 Å². The quantitative estimate of drug-likeness (QED) is 0.601. The second-order valence-electron chi connectivity index (χ2n) is 8.32. The number of carbonyl (C=O) groups excluding carboxylic acids is 1. The molecule has 0 N–H and O–H groups in total. The highest BCUT2D eigenvalue weighted by atomic mass is 35.5. The van der Waals surface area contributed by atoms with E-state index in [4.69, 9.17) is 21.6 Å². The first-order valence-electron chi connectivity index (χ1n) is 10.8. The summed E-state index contributed by atoms with van der Waals surface area (Å²) in [6.45, 7) is 5.51. The zero-order valence-electron chi connectivity index (χ0n) is 17.6. The Labute approximate surface area is 187 Å². The summed E-state index contributed by atoms with van der Waals surface area (Å²) in [4.78, 5) is 27.2. The Morgan fingerprint density at radius 2 is 1.55 bits per heavy atom. The van der Waals surface area contributed by atoms with E-state index in [1.54, 1.807) is 0 Å². The van der Waals surface area contributed by atoms with Gasteiger partial charge in [-0.2, -0.15) is 0 Å². The Balaban J connectivity index is 1.36. The first-order chi connectivity index (χ1) is 15.1. The van der Waals surface area contributed by atoms with Crippen molar-refractivity contribution >= 4 is 29.0 Å². The van der Waals surface area contributed by atoms with E-state index in [9.17, 15) is 4.79 Å². The molecule has 0 unspecified atom stereocenters. The molecule has 0 bridgehead atoms. The molecule has 2 heterocycles. The van der Waals surface area contributed by atoms with Gasteiger partial charge in [-0.25, -0.2) is 9.97 Å². The van der Waals surface area contributed by atoms with E-state index in [1.807, 2.05) is 37.3 Å². The number of nitrogens with zero attached hydrogens (tertiary/aromatic N) is 4. The Morgan fingerprint density at radius 3 is 2.26 bits per heavy atom. The second kappa shape index (κ2) is 8.31. The van der Waals surface area contributed by atoms with E-state index < -0.39 is 0 Å². The number of piperazine rings is 1. The number of fused-ring (bicyclic) bond motifs is 1. The van der Waals surface area contributed by atoms with Crippen molar-refractivity contribution in [2.24, 2.45) is 0 Å². The standard InChI is InChI=1S/C25H25ClN4O/c1-17-24-22(15-19(16-23(24)31)18-7-9-20(26)10-8-18)28-25(27-17)30-13-11-29(12-14-30)21-5-3-2-4-6-21/h2-10,19H,11-16H2,1H3/t19-/m0/s1. The van der Waals surface area contributed by atoms with Crippen molar-refractivity contribution in [2.75, 3.05) is 36.0 Å². The second-order valence-corrected chi connectivity index (χ2v) is 8.76. The van der Waals surface area contributed by atoms with Crippen molar-refractivity contribution in [1.82, 2.24) is 9.97 Å². The summed E-state index contributed by atoms with van der Waals surface area (Å²) in [6, 6.07) is 18.3. The van der Waals surface area contributed by atoms with Gasteiger partial charge in [0.15, 0.2) is 5.78 Å². The molecule has 5 rings (SSSR count). The summed E-state index contributed by atoms with van der Waals surface area (Å²) >= 11 is 6.04. The fourth-order valence-electron chi connectivity index (χ4n) is 4.67. The number of hydrogen-bond acceptors (Lipinski definition) is 5. The lowest BCUT2D eigenvalue weighted by molar-refractivity contribution is 0.0962. The molecule has 0 saturated carbocycles. The number of hydrogen-bond donors (Lipinski definition) is 0. The van der Waals surface area contributed by atoms with E-state index in [1.165, 1.54) is 5.69 Å². The summed E-state index contributed by atoms with van der Waals surface area (Å²) in [5.74, 6) is 1.02. The van der Waals surface area contributed by atoms with Crippen LogP contribution in [0.1, 0.15) is 39.6 Å². The molecule has 5 nitrogen and oxygen atoms in total. The molecule has 3 aromatic rings. The molecule has 1 saturated heterocycles. The number of halogens is 1. The summed E-state index contributed by atoms with van der Waals surface area (Å²) in [7, 11) is 0. The lowest BCUT2D eigenvalue weighted by atomic mass is 9.81. The number of ketones is 1. The Morgan fingerprint density at radius 1 is 0.871 bits per heavy atom. The van der Waals surface area contributed by atoms with Gasteiger partial charge in [-0.05, 0) is 49.1 Å². The average molecular weight is 433 g/mol. The maximum absolute atomic E-state index is 12.9. The predicted molar refractivity (Wildman–Crippen MR) is 124 cm³/mol. The number of benzene rings is 2. The number of Topliss-reactive ketones (excluding diaryl/α,β-unsaturated/α-hetero) is 1. The molecule has 1 aliphatic carbocycles. The Bertz CT molecular complexity index is 1090. The van der Waals surface area contributed by atoms with Crippen molar-refractivity contribution in [3.05, 3.63) is 82.1 Å². The van der Waals surface area contributed by atoms with Gasteiger partial charge in [-0.1, -0.05) is 41.9 Å². The normalized spacial score (nSPS) is 18.8. The van der Waals surface area contributed by atoms with E-state index >= 15 is 0 Å². The van der Waals surface area contributed by atoms with Crippen LogP contribution in [0.5, 0.6) is 0 Å². The third-order valence-electron chi connectivity index (χ3n) is 6.33. The van der Waals surface area contributed by atoms with Crippen LogP contribution in [0.2, 0.25) is 5.02 Å². The molecular formula is C25H25ClN4O. The van der Waals surface area contributed by atoms with Crippen molar-refractivity contribution < 1.29 is 4.79 Å². The largest absolute Gasteiger partial charge is 0.368 e. The van der Waals surface area contributed by atoms with E-state index in [0.29, 0.717) is 11.4 Å². The van der Waals surface area contributed by atoms with Gasteiger partial charge >= 0.3 is 0 Å². The first kappa shape index (κ1) is 20.0. The maximum atomic E-state index is 12.9. The van der Waals surface area contributed by atoms with Crippen LogP contribution in [0.4, 0.5) is 11.6 Å². The summed E-state index contributed by atoms with van der Waals surface area (Å²) < 4.78 is 0. The zero-order valence-corrected chi connectivity index (χ0v) is 18.3. The molecule has 1 atom stereocenters. The van der Waals surface area contributed by atoms with E-state index in [0.717, 1.165) is 61.1 Å². The zero-order chi connectivity index (χ0) is 21.4. The highest BCUT2D eigenvalue weighted by Gasteiger charge is 2.31. The molecular weight excluding hydrogens is 408 g/mol. The molecule has 1 aliphatic heterocycles. The van der Waals surface area contributed by atoms with Crippen molar-refractivity contribution in [3.8, 4) is 0 Å². The SMILES string of the molecule is Cc1nc(N2CCN(c3ccccc3)CC2)nc2c1C(=O)C[C@@H](c1ccc(Cl)cc1)C2. The molecule has 0 spiro atoms. The monoisotopic (exact) mass is 432 g/mol. The molecule has 2 aliphatic rings. The molecule has 1 fully saturated rings. The van der Waals surface area contributed by atoms with Crippen LogP contribution in [0.25, 0.3) is 0 Å². The lowest BCUT2D eigenvalue weighted by Gasteiger charge is -2.36. The number of rotatable bonds is 3. The Hall–Kier alpha value is -2.92. The van der Waals surface area contributed by atoms with Crippen LogP contribution in [-0.4, -0.2) is 41.9 Å². The fraction of sp³-hybridized carbons (Fsp3) is 0.320. The number of anilines is 2. The maximum Gasteiger partial charge on any atom is 0.225 e. The van der Waals surface area contributed by atoms with Gasteiger partial charge in [0.05, 0.1) is 17.0 Å². The third-order valence-corrected chi connectivity index (χ3v) is 6.58. The van der Waals surface area contributed by atoms with E-state index in [2.05, 4.69) is 34.1 Å². The predicted octanol–water partition coefficient (Wildman–Crippen LogP) is 4.68. The van der Waals surface area contributed by atoms with Gasteiger partial charge in [0.25, 0.3) is 0 Å². The number of para-hydroxylation sites is 1. The first-order valence-corrected chi connectivity index (χ1v) is 11.2. The van der Waals surface area contributed by atoms with Crippen LogP contribution in [0.15, 0.2) is 54.6 Å².